The van der Waals surface area contributed by atoms with E-state index in [1.807, 2.05) is 13.0 Å². The van der Waals surface area contributed by atoms with Gasteiger partial charge < -0.3 is 20.0 Å². The van der Waals surface area contributed by atoms with E-state index in [2.05, 4.69) is 4.98 Å². The molecular weight excluding hydrogens is 356 g/mol. The zero-order chi connectivity index (χ0) is 18.8. The third kappa shape index (κ3) is 3.36. The van der Waals surface area contributed by atoms with Crippen LogP contribution in [0, 0.1) is 0 Å². The van der Waals surface area contributed by atoms with Crippen molar-refractivity contribution in [3.8, 4) is 23.0 Å². The molecule has 6 nitrogen and oxygen atoms in total. The van der Waals surface area contributed by atoms with E-state index in [0.29, 0.717) is 22.1 Å². The molecule has 1 heterocycles. The smallest absolute Gasteiger partial charge is 0.271 e. The number of aromatic hydroxyl groups is 1. The molecule has 0 aliphatic rings. The second-order valence-electron chi connectivity index (χ2n) is 5.76. The molecule has 3 rings (SSSR count). The maximum absolute atomic E-state index is 11.9. The van der Waals surface area contributed by atoms with Crippen molar-refractivity contribution in [2.24, 2.45) is 5.73 Å². The molecular formula is C19H17ClN2O4. The molecule has 0 fully saturated rings. The van der Waals surface area contributed by atoms with Gasteiger partial charge in [-0.3, -0.25) is 4.79 Å². The van der Waals surface area contributed by atoms with Gasteiger partial charge in [0.05, 0.1) is 12.7 Å². The Hall–Kier alpha value is -2.99. The third-order valence-corrected chi connectivity index (χ3v) is 4.28. The van der Waals surface area contributed by atoms with Gasteiger partial charge in [-0.05, 0) is 35.9 Å². The first-order valence-electron chi connectivity index (χ1n) is 7.84. The van der Waals surface area contributed by atoms with Crippen molar-refractivity contribution in [3.05, 3.63) is 64.5 Å². The molecule has 134 valence electrons. The van der Waals surface area contributed by atoms with Crippen molar-refractivity contribution in [1.82, 2.24) is 4.98 Å². The van der Waals surface area contributed by atoms with E-state index in [1.165, 1.54) is 7.11 Å². The van der Waals surface area contributed by atoms with E-state index in [-0.39, 0.29) is 23.3 Å². The zero-order valence-corrected chi connectivity index (χ0v) is 14.9. The van der Waals surface area contributed by atoms with E-state index in [9.17, 15) is 9.90 Å². The van der Waals surface area contributed by atoms with E-state index in [0.717, 1.165) is 5.56 Å². The first-order valence-corrected chi connectivity index (χ1v) is 8.22. The van der Waals surface area contributed by atoms with Crippen LogP contribution in [0.25, 0.3) is 11.5 Å². The van der Waals surface area contributed by atoms with Gasteiger partial charge in [0.2, 0.25) is 5.89 Å². The highest BCUT2D eigenvalue weighted by molar-refractivity contribution is 6.30. The predicted molar refractivity (Wildman–Crippen MR) is 97.6 cm³/mol. The molecule has 1 amide bonds. The maximum atomic E-state index is 11.9. The molecule has 3 aromatic rings. The van der Waals surface area contributed by atoms with Gasteiger partial charge in [0, 0.05) is 10.9 Å². The fourth-order valence-corrected chi connectivity index (χ4v) is 2.88. The lowest BCUT2D eigenvalue weighted by Gasteiger charge is -2.10. The zero-order valence-electron chi connectivity index (χ0n) is 14.2. The van der Waals surface area contributed by atoms with Crippen LogP contribution >= 0.6 is 11.6 Å². The maximum Gasteiger partial charge on any atom is 0.271 e. The molecule has 0 spiro atoms. The van der Waals surface area contributed by atoms with Crippen LogP contribution in [0.5, 0.6) is 11.5 Å². The van der Waals surface area contributed by atoms with Gasteiger partial charge in [-0.1, -0.05) is 30.7 Å². The van der Waals surface area contributed by atoms with Crippen LogP contribution in [0.1, 0.15) is 34.7 Å². The number of rotatable bonds is 5. The molecule has 0 aliphatic carbocycles. The lowest BCUT2D eigenvalue weighted by atomic mass is 9.97. The van der Waals surface area contributed by atoms with E-state index >= 15 is 0 Å². The predicted octanol–water partition coefficient (Wildman–Crippen LogP) is 3.96. The Balaban J connectivity index is 2.13. The number of carbonyl (C=O) groups excluding carboxylic acids is 1. The Morgan fingerprint density at radius 2 is 2.08 bits per heavy atom. The number of hydrogen-bond acceptors (Lipinski definition) is 5. The van der Waals surface area contributed by atoms with Gasteiger partial charge in [-0.25, -0.2) is 4.98 Å². The van der Waals surface area contributed by atoms with Gasteiger partial charge in [-0.15, -0.1) is 0 Å². The van der Waals surface area contributed by atoms with E-state index < -0.39 is 5.91 Å². The van der Waals surface area contributed by atoms with Crippen LogP contribution in [0.2, 0.25) is 5.02 Å². The molecule has 7 heteroatoms. The quantitative estimate of drug-likeness (QED) is 0.706. The molecule has 1 aromatic heterocycles. The monoisotopic (exact) mass is 372 g/mol. The largest absolute Gasteiger partial charge is 0.508 e. The molecule has 2 aromatic carbocycles. The van der Waals surface area contributed by atoms with Crippen LogP contribution in [0.3, 0.4) is 0 Å². The molecule has 3 N–H and O–H groups in total. The van der Waals surface area contributed by atoms with Crippen molar-refractivity contribution in [1.29, 1.82) is 0 Å². The molecule has 0 radical (unpaired) electrons. The summed E-state index contributed by atoms with van der Waals surface area (Å²) in [6.07, 6.45) is 0. The Kier molecular flexibility index (Phi) is 4.86. The Bertz CT molecular complexity index is 968. The Morgan fingerprint density at radius 3 is 2.73 bits per heavy atom. The molecule has 0 saturated heterocycles. The van der Waals surface area contributed by atoms with Gasteiger partial charge >= 0.3 is 0 Å². The number of methoxy groups -OCH3 is 1. The summed E-state index contributed by atoms with van der Waals surface area (Å²) in [6, 6.07) is 11.7. The number of amides is 1. The summed E-state index contributed by atoms with van der Waals surface area (Å²) < 4.78 is 11.2. The van der Waals surface area contributed by atoms with Gasteiger partial charge in [0.25, 0.3) is 5.91 Å². The highest BCUT2D eigenvalue weighted by Crippen LogP contribution is 2.36. The van der Waals surface area contributed by atoms with Crippen molar-refractivity contribution in [3.63, 3.8) is 0 Å². The summed E-state index contributed by atoms with van der Waals surface area (Å²) >= 11 is 6.06. The second kappa shape index (κ2) is 7.09. The highest BCUT2D eigenvalue weighted by Gasteiger charge is 2.26. The number of nitrogens with zero attached hydrogens (tertiary/aromatic N) is 1. The Labute approximate surface area is 155 Å². The number of primary amides is 1. The summed E-state index contributed by atoms with van der Waals surface area (Å²) in [5.74, 6) is 0.0498. The molecule has 1 atom stereocenters. The number of aromatic nitrogens is 1. The average Bonchev–Trinajstić information content (AvgIpc) is 3.06. The summed E-state index contributed by atoms with van der Waals surface area (Å²) in [5, 5.41) is 10.2. The number of ether oxygens (including phenoxy) is 1. The minimum Gasteiger partial charge on any atom is -0.508 e. The summed E-state index contributed by atoms with van der Waals surface area (Å²) in [4.78, 5) is 16.1. The average molecular weight is 373 g/mol. The van der Waals surface area contributed by atoms with Gasteiger partial charge in [-0.2, -0.15) is 0 Å². The van der Waals surface area contributed by atoms with Gasteiger partial charge in [0.15, 0.2) is 5.69 Å². The summed E-state index contributed by atoms with van der Waals surface area (Å²) in [6.45, 7) is 1.83. The van der Waals surface area contributed by atoms with E-state index in [4.69, 9.17) is 26.5 Å². The van der Waals surface area contributed by atoms with Crippen LogP contribution in [-0.2, 0) is 0 Å². The number of hydrogen-bond donors (Lipinski definition) is 2. The van der Waals surface area contributed by atoms with Crippen LogP contribution in [-0.4, -0.2) is 23.1 Å². The number of phenolic OH excluding ortho intramolecular Hbond substituents is 1. The summed E-state index contributed by atoms with van der Waals surface area (Å²) in [5.41, 5.74) is 6.78. The van der Waals surface area contributed by atoms with Crippen LogP contribution in [0.4, 0.5) is 0 Å². The van der Waals surface area contributed by atoms with E-state index in [1.54, 1.807) is 36.4 Å². The lowest BCUT2D eigenvalue weighted by molar-refractivity contribution is 0.0994. The first-order chi connectivity index (χ1) is 12.4. The minimum atomic E-state index is -0.706. The van der Waals surface area contributed by atoms with Crippen LogP contribution in [0.15, 0.2) is 46.9 Å². The molecule has 0 aliphatic heterocycles. The second-order valence-corrected chi connectivity index (χ2v) is 6.19. The lowest BCUT2D eigenvalue weighted by Crippen LogP contribution is -2.15. The number of nitrogens with two attached hydrogens (primary N) is 1. The fraction of sp³-hybridized carbons (Fsp3) is 0.158. The topological polar surface area (TPSA) is 98.6 Å². The number of benzene rings is 2. The fourth-order valence-electron chi connectivity index (χ4n) is 2.71. The standard InChI is InChI=1S/C19H17ClN2O4/c1-10(11-4-3-5-13(23)8-11)17-16(18(21)24)22-19(26-17)14-9-12(20)6-7-15(14)25-2/h3-10,23H,1-2H3,(H2,21,24)/t10-/m1/s1. The molecule has 26 heavy (non-hydrogen) atoms. The number of halogens is 1. The Morgan fingerprint density at radius 1 is 1.31 bits per heavy atom. The van der Waals surface area contributed by atoms with Gasteiger partial charge in [0.1, 0.15) is 17.3 Å². The summed E-state index contributed by atoms with van der Waals surface area (Å²) in [7, 11) is 1.51. The SMILES string of the molecule is COc1ccc(Cl)cc1-c1nc(C(N)=O)c([C@H](C)c2cccc(O)c2)o1. The number of oxazole rings is 1. The first kappa shape index (κ1) is 17.8. The third-order valence-electron chi connectivity index (χ3n) is 4.04. The van der Waals surface area contributed by atoms with Crippen molar-refractivity contribution >= 4 is 17.5 Å². The van der Waals surface area contributed by atoms with Crippen molar-refractivity contribution < 1.29 is 19.1 Å². The molecule has 0 unspecified atom stereocenters. The van der Waals surface area contributed by atoms with Crippen molar-refractivity contribution in [2.75, 3.05) is 7.11 Å². The molecule has 0 saturated carbocycles. The van der Waals surface area contributed by atoms with Crippen molar-refractivity contribution in [2.45, 2.75) is 12.8 Å². The number of phenols is 1. The highest BCUT2D eigenvalue weighted by atomic mass is 35.5. The normalized spacial score (nSPS) is 12.0. The van der Waals surface area contributed by atoms with Crippen LogP contribution < -0.4 is 10.5 Å². The number of carbonyl (C=O) groups is 1. The molecule has 0 bridgehead atoms. The minimum absolute atomic E-state index is 0.0258.